The van der Waals surface area contributed by atoms with Gasteiger partial charge in [0.15, 0.2) is 5.54 Å². The highest BCUT2D eigenvalue weighted by Crippen LogP contribution is 2.56. The van der Waals surface area contributed by atoms with Crippen LogP contribution in [0.1, 0.15) is 52.5 Å². The van der Waals surface area contributed by atoms with E-state index >= 15 is 0 Å². The van der Waals surface area contributed by atoms with Crippen LogP contribution in [-0.4, -0.2) is 30.6 Å². The number of carbonyl (C=O) groups is 2. The molecule has 0 fully saturated rings. The van der Waals surface area contributed by atoms with Crippen LogP contribution in [0.4, 0.5) is 11.4 Å². The molecule has 2 aliphatic rings. The number of carbonyl (C=O) groups excluding carboxylic acids is 2. The average Bonchev–Trinajstić information content (AvgIpc) is 3.53. The fourth-order valence-electron chi connectivity index (χ4n) is 6.05. The fraction of sp³-hybridized carbons (Fsp3) is 0.226. The van der Waals surface area contributed by atoms with E-state index in [0.717, 1.165) is 16.9 Å². The molecular formula is C31H27Cl2N3O4. The number of hydrogen-bond donors (Lipinski definition) is 1. The largest absolute Gasteiger partial charge is 0.497 e. The van der Waals surface area contributed by atoms with Crippen molar-refractivity contribution in [3.05, 3.63) is 98.8 Å². The lowest BCUT2D eigenvalue weighted by Crippen LogP contribution is -2.51. The summed E-state index contributed by atoms with van der Waals surface area (Å²) in [5.41, 5.74) is 3.70. The second-order valence-electron chi connectivity index (χ2n) is 10.3. The molecule has 0 aliphatic carbocycles. The number of anilines is 2. The summed E-state index contributed by atoms with van der Waals surface area (Å²) in [5, 5.41) is 3.97. The van der Waals surface area contributed by atoms with E-state index < -0.39 is 5.54 Å². The number of benzene rings is 3. The van der Waals surface area contributed by atoms with Gasteiger partial charge in [0.2, 0.25) is 0 Å². The van der Waals surface area contributed by atoms with Gasteiger partial charge in [-0.25, -0.2) is 0 Å². The molecule has 0 saturated heterocycles. The zero-order chi connectivity index (χ0) is 28.5. The molecule has 1 atom stereocenters. The minimum absolute atomic E-state index is 0.0789. The van der Waals surface area contributed by atoms with Gasteiger partial charge in [0.05, 0.1) is 31.2 Å². The number of ether oxygens (including phenoxy) is 2. The Hall–Kier alpha value is -3.94. The van der Waals surface area contributed by atoms with E-state index in [4.69, 9.17) is 32.7 Å². The second kappa shape index (κ2) is 9.32. The molecule has 0 saturated carbocycles. The van der Waals surface area contributed by atoms with Gasteiger partial charge in [0, 0.05) is 44.8 Å². The van der Waals surface area contributed by atoms with E-state index in [-0.39, 0.29) is 17.7 Å². The van der Waals surface area contributed by atoms with Gasteiger partial charge in [0.1, 0.15) is 11.5 Å². The van der Waals surface area contributed by atoms with Gasteiger partial charge in [-0.3, -0.25) is 14.5 Å². The van der Waals surface area contributed by atoms with Gasteiger partial charge in [0.25, 0.3) is 11.8 Å². The topological polar surface area (TPSA) is 72.8 Å². The van der Waals surface area contributed by atoms with Gasteiger partial charge < -0.3 is 19.4 Å². The summed E-state index contributed by atoms with van der Waals surface area (Å²) in [4.78, 5) is 30.5. The van der Waals surface area contributed by atoms with Gasteiger partial charge in [-0.05, 0) is 54.8 Å². The Labute approximate surface area is 242 Å². The van der Waals surface area contributed by atoms with Crippen LogP contribution in [0.5, 0.6) is 11.5 Å². The maximum atomic E-state index is 14.5. The summed E-state index contributed by atoms with van der Waals surface area (Å²) >= 11 is 12.8. The number of aryl methyl sites for hydroxylation is 1. The first-order valence-electron chi connectivity index (χ1n) is 12.8. The summed E-state index contributed by atoms with van der Waals surface area (Å²) in [6.07, 6.45) is 1.81. The predicted octanol–water partition coefficient (Wildman–Crippen LogP) is 7.09. The molecule has 6 rings (SSSR count). The normalized spacial score (nSPS) is 17.4. The molecule has 4 aromatic rings. The molecule has 2 amide bonds. The molecule has 9 heteroatoms. The van der Waals surface area contributed by atoms with Crippen LogP contribution in [-0.2, 0) is 10.3 Å². The molecule has 204 valence electrons. The first kappa shape index (κ1) is 26.3. The minimum Gasteiger partial charge on any atom is -0.497 e. The smallest absolute Gasteiger partial charge is 0.261 e. The van der Waals surface area contributed by atoms with Crippen molar-refractivity contribution < 1.29 is 19.1 Å². The molecule has 1 N–H and O–H groups in total. The highest BCUT2D eigenvalue weighted by molar-refractivity contribution is 6.32. The van der Waals surface area contributed by atoms with Gasteiger partial charge in [-0.15, -0.1) is 0 Å². The molecule has 1 spiro atoms. The van der Waals surface area contributed by atoms with Gasteiger partial charge >= 0.3 is 0 Å². The molecule has 1 aromatic heterocycles. The fourth-order valence-corrected chi connectivity index (χ4v) is 6.39. The number of hydrogen-bond acceptors (Lipinski definition) is 4. The molecule has 3 heterocycles. The van der Waals surface area contributed by atoms with Crippen LogP contribution < -0.4 is 19.7 Å². The number of methoxy groups -OCH3 is 2. The lowest BCUT2D eigenvalue weighted by Gasteiger charge is -2.36. The van der Waals surface area contributed by atoms with Crippen LogP contribution in [0, 0.1) is 6.92 Å². The van der Waals surface area contributed by atoms with E-state index in [2.05, 4.69) is 5.32 Å². The van der Waals surface area contributed by atoms with Crippen LogP contribution in [0.25, 0.3) is 5.69 Å². The van der Waals surface area contributed by atoms with Crippen molar-refractivity contribution in [2.24, 2.45) is 0 Å². The van der Waals surface area contributed by atoms with Crippen molar-refractivity contribution in [1.82, 2.24) is 4.57 Å². The van der Waals surface area contributed by atoms with Gasteiger partial charge in [-0.2, -0.15) is 0 Å². The maximum absolute atomic E-state index is 14.5. The second-order valence-corrected chi connectivity index (χ2v) is 11.2. The summed E-state index contributed by atoms with van der Waals surface area (Å²) in [5.74, 6) is 0.498. The minimum atomic E-state index is -1.48. The third-order valence-electron chi connectivity index (χ3n) is 7.73. The first-order valence-corrected chi connectivity index (χ1v) is 13.6. The summed E-state index contributed by atoms with van der Waals surface area (Å²) in [6.45, 7) is 5.99. The van der Waals surface area contributed by atoms with Gasteiger partial charge in [-0.1, -0.05) is 49.2 Å². The van der Waals surface area contributed by atoms with Crippen molar-refractivity contribution in [1.29, 1.82) is 0 Å². The zero-order valence-electron chi connectivity index (χ0n) is 22.6. The summed E-state index contributed by atoms with van der Waals surface area (Å²) in [6, 6.07) is 16.2. The zero-order valence-corrected chi connectivity index (χ0v) is 24.1. The predicted molar refractivity (Wildman–Crippen MR) is 157 cm³/mol. The van der Waals surface area contributed by atoms with Crippen molar-refractivity contribution in [2.75, 3.05) is 24.4 Å². The maximum Gasteiger partial charge on any atom is 0.261 e. The van der Waals surface area contributed by atoms with Crippen molar-refractivity contribution in [3.8, 4) is 17.2 Å². The van der Waals surface area contributed by atoms with Crippen molar-refractivity contribution >= 4 is 46.4 Å². The Bertz CT molecular complexity index is 1730. The Morgan fingerprint density at radius 2 is 1.62 bits per heavy atom. The monoisotopic (exact) mass is 575 g/mol. The Balaban J connectivity index is 1.73. The number of halogens is 2. The molecule has 2 aliphatic heterocycles. The molecule has 40 heavy (non-hydrogen) atoms. The SMILES string of the molecule is COc1ccc(-n2cc3c(c2C(C)C)[C@@]2(C(=O)Nc4cc(Cl)ccc42)N(c2cc(Cl)ccc2C)C3=O)c(OC)c1. The number of amides is 2. The number of nitrogens with zero attached hydrogens (tertiary/aromatic N) is 2. The quantitative estimate of drug-likeness (QED) is 0.275. The number of rotatable bonds is 5. The Morgan fingerprint density at radius 3 is 2.33 bits per heavy atom. The van der Waals surface area contributed by atoms with E-state index in [1.807, 2.05) is 49.6 Å². The molecule has 0 bridgehead atoms. The van der Waals surface area contributed by atoms with Crippen molar-refractivity contribution in [2.45, 2.75) is 32.2 Å². The van der Waals surface area contributed by atoms with E-state index in [1.54, 1.807) is 55.6 Å². The van der Waals surface area contributed by atoms with E-state index in [0.29, 0.717) is 49.6 Å². The third kappa shape index (κ3) is 3.50. The highest BCUT2D eigenvalue weighted by atomic mass is 35.5. The molecular weight excluding hydrogens is 549 g/mol. The molecule has 3 aromatic carbocycles. The van der Waals surface area contributed by atoms with Crippen LogP contribution in [0.2, 0.25) is 10.0 Å². The van der Waals surface area contributed by atoms with Crippen LogP contribution in [0.15, 0.2) is 60.8 Å². The molecule has 7 nitrogen and oxygen atoms in total. The molecule has 0 unspecified atom stereocenters. The van der Waals surface area contributed by atoms with Crippen molar-refractivity contribution in [3.63, 3.8) is 0 Å². The van der Waals surface area contributed by atoms with Crippen LogP contribution >= 0.6 is 23.2 Å². The first-order chi connectivity index (χ1) is 19.1. The average molecular weight is 576 g/mol. The van der Waals surface area contributed by atoms with E-state index in [9.17, 15) is 9.59 Å². The third-order valence-corrected chi connectivity index (χ3v) is 8.20. The Morgan fingerprint density at radius 1 is 0.900 bits per heavy atom. The number of aromatic nitrogens is 1. The van der Waals surface area contributed by atoms with E-state index in [1.165, 1.54) is 0 Å². The number of fused-ring (bicyclic) bond motifs is 4. The number of nitrogens with one attached hydrogen (secondary N) is 1. The Kier molecular flexibility index (Phi) is 6.13. The molecule has 0 radical (unpaired) electrons. The van der Waals surface area contributed by atoms with Crippen LogP contribution in [0.3, 0.4) is 0 Å². The lowest BCUT2D eigenvalue weighted by atomic mass is 9.81. The highest BCUT2D eigenvalue weighted by Gasteiger charge is 2.63. The lowest BCUT2D eigenvalue weighted by molar-refractivity contribution is -0.119. The summed E-state index contributed by atoms with van der Waals surface area (Å²) in [7, 11) is 3.18. The summed E-state index contributed by atoms with van der Waals surface area (Å²) < 4.78 is 13.1. The standard InChI is InChI=1S/C31H27Cl2N3O4/c1-16(2)28-27-21(15-35(28)24-11-9-20(39-4)14-26(24)40-5)29(37)36(25-13-19(33)7-6-17(25)3)31(27)22-10-8-18(32)12-23(22)34-30(31)38/h6-16H,1-5H3,(H,34,38)/t31-/m0/s1.